The predicted molar refractivity (Wildman–Crippen MR) is 70.4 cm³/mol. The molecule has 0 radical (unpaired) electrons. The summed E-state index contributed by atoms with van der Waals surface area (Å²) in [7, 11) is -3.81. The molecule has 1 aromatic carbocycles. The average Bonchev–Trinajstić information content (AvgIpc) is 2.33. The van der Waals surface area contributed by atoms with Crippen molar-refractivity contribution in [2.75, 3.05) is 17.7 Å². The molecule has 0 heterocycles. The first-order valence-electron chi connectivity index (χ1n) is 5.49. The van der Waals surface area contributed by atoms with Crippen LogP contribution in [0.2, 0.25) is 0 Å². The molecule has 120 valence electrons. The highest BCUT2D eigenvalue weighted by Crippen LogP contribution is 2.35. The molecule has 10 heteroatoms. The van der Waals surface area contributed by atoms with Gasteiger partial charge in [0.15, 0.2) is 15.6 Å². The molecule has 0 aromatic heterocycles. The maximum absolute atomic E-state index is 12.4. The van der Waals surface area contributed by atoms with Crippen LogP contribution in [0.25, 0.3) is 0 Å². The zero-order chi connectivity index (χ0) is 17.1. The minimum absolute atomic E-state index is 0.424. The third-order valence-electron chi connectivity index (χ3n) is 2.36. The molecule has 0 fully saturated rings. The summed E-state index contributed by atoms with van der Waals surface area (Å²) in [5, 5.41) is 8.99. The minimum atomic E-state index is -5.13. The summed E-state index contributed by atoms with van der Waals surface area (Å²) in [6, 6.07) is 2.42. The van der Waals surface area contributed by atoms with E-state index in [-0.39, 0.29) is 0 Å². The van der Waals surface area contributed by atoms with Crippen LogP contribution in [-0.4, -0.2) is 38.8 Å². The van der Waals surface area contributed by atoms with Crippen molar-refractivity contribution in [3.63, 3.8) is 0 Å². The van der Waals surface area contributed by atoms with Gasteiger partial charge in [0, 0.05) is 12.3 Å². The lowest BCUT2D eigenvalue weighted by atomic mass is 10.2. The van der Waals surface area contributed by atoms with Crippen molar-refractivity contribution >= 4 is 21.6 Å². The average molecular weight is 337 g/mol. The Morgan fingerprint density at radius 3 is 2.45 bits per heavy atom. The number of sulfone groups is 1. The molecule has 22 heavy (non-hydrogen) atoms. The van der Waals surface area contributed by atoms with Crippen molar-refractivity contribution in [3.8, 4) is 18.1 Å². The number of amides is 1. The van der Waals surface area contributed by atoms with E-state index in [1.807, 2.05) is 5.92 Å². The summed E-state index contributed by atoms with van der Waals surface area (Å²) in [6.07, 6.45) is -0.993. The summed E-state index contributed by atoms with van der Waals surface area (Å²) in [6.45, 7) is -0.540. The summed E-state index contributed by atoms with van der Waals surface area (Å²) in [5.41, 5.74) is -0.518. The highest BCUT2D eigenvalue weighted by atomic mass is 32.2. The van der Waals surface area contributed by atoms with Crippen molar-refractivity contribution in [2.24, 2.45) is 0 Å². The van der Waals surface area contributed by atoms with E-state index in [0.29, 0.717) is 11.0 Å². The number of terminal acetylenes is 1. The molecule has 0 aliphatic heterocycles. The van der Waals surface area contributed by atoms with E-state index < -0.39 is 45.2 Å². The Kier molecular flexibility index (Phi) is 4.93. The molecule has 1 amide bonds. The Labute approximate surface area is 124 Å². The van der Waals surface area contributed by atoms with Gasteiger partial charge in [-0.2, -0.15) is 0 Å². The van der Waals surface area contributed by atoms with Crippen molar-refractivity contribution in [3.05, 3.63) is 18.2 Å². The van der Waals surface area contributed by atoms with Crippen molar-refractivity contribution in [1.82, 2.24) is 0 Å². The molecule has 0 atom stereocenters. The highest BCUT2D eigenvalue weighted by molar-refractivity contribution is 7.90. The fraction of sp³-hybridized carbons (Fsp3) is 0.250. The SMILES string of the molecule is C#CCN(C(=O)O)c1ccc(S(C)(=O)=O)cc1OC(F)(F)F. The van der Waals surface area contributed by atoms with Gasteiger partial charge in [-0.3, -0.25) is 4.90 Å². The van der Waals surface area contributed by atoms with Crippen molar-refractivity contribution in [2.45, 2.75) is 11.3 Å². The monoisotopic (exact) mass is 337 g/mol. The second-order valence-electron chi connectivity index (χ2n) is 4.02. The predicted octanol–water partition coefficient (Wildman–Crippen LogP) is 2.11. The topological polar surface area (TPSA) is 83.9 Å². The van der Waals surface area contributed by atoms with Gasteiger partial charge in [0.2, 0.25) is 0 Å². The largest absolute Gasteiger partial charge is 0.573 e. The van der Waals surface area contributed by atoms with Crippen LogP contribution in [0.3, 0.4) is 0 Å². The van der Waals surface area contributed by atoms with Gasteiger partial charge >= 0.3 is 12.5 Å². The quantitative estimate of drug-likeness (QED) is 0.851. The van der Waals surface area contributed by atoms with Crippen LogP contribution in [0.4, 0.5) is 23.7 Å². The molecule has 1 rings (SSSR count). The lowest BCUT2D eigenvalue weighted by Gasteiger charge is -2.21. The van der Waals surface area contributed by atoms with E-state index in [4.69, 9.17) is 11.5 Å². The number of rotatable bonds is 4. The number of anilines is 1. The summed E-state index contributed by atoms with van der Waals surface area (Å²) in [4.78, 5) is 11.0. The van der Waals surface area contributed by atoms with Gasteiger partial charge < -0.3 is 9.84 Å². The van der Waals surface area contributed by atoms with Gasteiger partial charge in [-0.1, -0.05) is 5.92 Å². The van der Waals surface area contributed by atoms with Crippen LogP contribution < -0.4 is 9.64 Å². The van der Waals surface area contributed by atoms with Crippen molar-refractivity contribution in [1.29, 1.82) is 0 Å². The Morgan fingerprint density at radius 2 is 2.05 bits per heavy atom. The Balaban J connectivity index is 3.50. The first-order chi connectivity index (χ1) is 9.95. The lowest BCUT2D eigenvalue weighted by molar-refractivity contribution is -0.274. The van der Waals surface area contributed by atoms with Crippen LogP contribution in [0.5, 0.6) is 5.75 Å². The maximum Gasteiger partial charge on any atom is 0.573 e. The van der Waals surface area contributed by atoms with E-state index in [9.17, 15) is 26.4 Å². The zero-order valence-electron chi connectivity index (χ0n) is 11.1. The van der Waals surface area contributed by atoms with Crippen LogP contribution in [-0.2, 0) is 9.84 Å². The van der Waals surface area contributed by atoms with E-state index in [0.717, 1.165) is 18.4 Å². The molecule has 0 saturated heterocycles. The Bertz CT molecular complexity index is 721. The Morgan fingerprint density at radius 1 is 1.45 bits per heavy atom. The fourth-order valence-electron chi connectivity index (χ4n) is 1.50. The first-order valence-corrected chi connectivity index (χ1v) is 7.38. The van der Waals surface area contributed by atoms with Gasteiger partial charge in [-0.25, -0.2) is 13.2 Å². The molecule has 0 unspecified atom stereocenters. The molecule has 0 aliphatic rings. The molecule has 6 nitrogen and oxygen atoms in total. The second-order valence-corrected chi connectivity index (χ2v) is 6.04. The smallest absolute Gasteiger partial charge is 0.465 e. The van der Waals surface area contributed by atoms with Crippen LogP contribution in [0, 0.1) is 12.3 Å². The third-order valence-corrected chi connectivity index (χ3v) is 3.47. The molecule has 0 spiro atoms. The number of hydrogen-bond donors (Lipinski definition) is 1. The first kappa shape index (κ1) is 17.6. The number of carbonyl (C=O) groups is 1. The van der Waals surface area contributed by atoms with Gasteiger partial charge in [0.25, 0.3) is 0 Å². The number of benzene rings is 1. The molecule has 0 saturated carbocycles. The molecule has 1 aromatic rings. The van der Waals surface area contributed by atoms with Crippen LogP contribution in [0.1, 0.15) is 0 Å². The maximum atomic E-state index is 12.4. The highest BCUT2D eigenvalue weighted by Gasteiger charge is 2.34. The van der Waals surface area contributed by atoms with Gasteiger partial charge in [0.1, 0.15) is 0 Å². The number of carboxylic acid groups (broad SMARTS) is 1. The van der Waals surface area contributed by atoms with Gasteiger partial charge in [-0.05, 0) is 12.1 Å². The number of ether oxygens (including phenoxy) is 1. The molecular formula is C12H10F3NO5S. The fourth-order valence-corrected chi connectivity index (χ4v) is 2.14. The molecule has 0 aliphatic carbocycles. The summed E-state index contributed by atoms with van der Waals surface area (Å²) < 4.78 is 63.8. The van der Waals surface area contributed by atoms with E-state index >= 15 is 0 Å². The van der Waals surface area contributed by atoms with Gasteiger partial charge in [-0.15, -0.1) is 19.6 Å². The van der Waals surface area contributed by atoms with Crippen molar-refractivity contribution < 1.29 is 36.2 Å². The summed E-state index contributed by atoms with van der Waals surface area (Å²) in [5.74, 6) is 0.994. The summed E-state index contributed by atoms with van der Waals surface area (Å²) >= 11 is 0. The third kappa shape index (κ3) is 4.56. The molecule has 0 bridgehead atoms. The molecule has 1 N–H and O–H groups in total. The number of halogens is 3. The normalized spacial score (nSPS) is 11.6. The number of alkyl halides is 3. The van der Waals surface area contributed by atoms with Crippen LogP contribution in [0.15, 0.2) is 23.1 Å². The number of hydrogen-bond acceptors (Lipinski definition) is 4. The zero-order valence-corrected chi connectivity index (χ0v) is 11.9. The van der Waals surface area contributed by atoms with E-state index in [1.54, 1.807) is 0 Å². The standard InChI is InChI=1S/C12H10F3NO5S/c1-3-6-16(11(17)18)9-5-4-8(22(2,19)20)7-10(9)21-12(13,14)15/h1,4-5,7H,6H2,2H3,(H,17,18). The Hall–Kier alpha value is -2.41. The lowest BCUT2D eigenvalue weighted by Crippen LogP contribution is -2.31. The van der Waals surface area contributed by atoms with E-state index in [2.05, 4.69) is 4.74 Å². The number of nitrogens with zero attached hydrogens (tertiary/aromatic N) is 1. The van der Waals surface area contributed by atoms with Crippen LogP contribution >= 0.6 is 0 Å². The second kappa shape index (κ2) is 6.15. The minimum Gasteiger partial charge on any atom is -0.465 e. The van der Waals surface area contributed by atoms with E-state index in [1.165, 1.54) is 0 Å². The molecular weight excluding hydrogens is 327 g/mol. The van der Waals surface area contributed by atoms with Gasteiger partial charge in [0.05, 0.1) is 17.1 Å².